The summed E-state index contributed by atoms with van der Waals surface area (Å²) in [4.78, 5) is 25.5. The minimum absolute atomic E-state index is 0.0336. The Bertz CT molecular complexity index is 507. The summed E-state index contributed by atoms with van der Waals surface area (Å²) in [5.41, 5.74) is 0. The molecule has 0 spiro atoms. The summed E-state index contributed by atoms with van der Waals surface area (Å²) in [7, 11) is -2.03. The molecule has 1 rings (SSSR count). The van der Waals surface area contributed by atoms with Crippen molar-refractivity contribution < 1.29 is 14.1 Å². The van der Waals surface area contributed by atoms with E-state index in [1.807, 2.05) is 19.9 Å². The maximum absolute atomic E-state index is 12.6. The molecule has 0 saturated heterocycles. The Morgan fingerprint density at radius 2 is 1.92 bits per heavy atom. The van der Waals surface area contributed by atoms with E-state index in [1.54, 1.807) is 4.90 Å². The molecule has 0 aromatic rings. The Labute approximate surface area is 146 Å². The standard InChI is InChI=1S/C17H32N2O4Si/c1-8-18(9-2)16(20)14-11-10-13(12-15(14)19(21)22)23-24(6,7)17(3,4)5/h10,14-15H,8-9,11-12H2,1-7H3/t14-,15-/m0/s1. The Morgan fingerprint density at radius 1 is 1.38 bits per heavy atom. The molecule has 0 aliphatic heterocycles. The smallest absolute Gasteiger partial charge is 0.250 e. The van der Waals surface area contributed by atoms with Crippen LogP contribution in [0, 0.1) is 16.0 Å². The molecule has 0 saturated carbocycles. The third kappa shape index (κ3) is 4.59. The number of nitrogens with zero attached hydrogens (tertiary/aromatic N) is 2. The summed E-state index contributed by atoms with van der Waals surface area (Å²) in [5, 5.41) is 11.6. The number of carbonyl (C=O) groups excluding carboxylic acids is 1. The van der Waals surface area contributed by atoms with Gasteiger partial charge in [-0.3, -0.25) is 14.9 Å². The van der Waals surface area contributed by atoms with E-state index in [-0.39, 0.29) is 22.3 Å². The van der Waals surface area contributed by atoms with Crippen molar-refractivity contribution in [2.24, 2.45) is 5.92 Å². The Hall–Kier alpha value is -1.37. The second-order valence-corrected chi connectivity index (χ2v) is 12.7. The van der Waals surface area contributed by atoms with Gasteiger partial charge in [-0.25, -0.2) is 0 Å². The van der Waals surface area contributed by atoms with E-state index in [0.29, 0.717) is 25.3 Å². The van der Waals surface area contributed by atoms with Crippen LogP contribution >= 0.6 is 0 Å². The van der Waals surface area contributed by atoms with Crippen molar-refractivity contribution in [1.29, 1.82) is 0 Å². The van der Waals surface area contributed by atoms with Crippen molar-refractivity contribution in [3.8, 4) is 0 Å². The van der Waals surface area contributed by atoms with Gasteiger partial charge in [-0.2, -0.15) is 0 Å². The first-order valence-corrected chi connectivity index (χ1v) is 11.7. The molecule has 7 heteroatoms. The van der Waals surface area contributed by atoms with E-state index < -0.39 is 20.3 Å². The molecule has 1 aliphatic rings. The van der Waals surface area contributed by atoms with Crippen molar-refractivity contribution in [3.05, 3.63) is 21.9 Å². The topological polar surface area (TPSA) is 72.7 Å². The zero-order valence-electron chi connectivity index (χ0n) is 16.1. The molecule has 24 heavy (non-hydrogen) atoms. The maximum atomic E-state index is 12.6. The molecule has 2 atom stereocenters. The fraction of sp³-hybridized carbons (Fsp3) is 0.824. The van der Waals surface area contributed by atoms with Gasteiger partial charge in [0.25, 0.3) is 0 Å². The molecule has 0 aromatic carbocycles. The van der Waals surface area contributed by atoms with Crippen LogP contribution in [0.3, 0.4) is 0 Å². The monoisotopic (exact) mass is 356 g/mol. The van der Waals surface area contributed by atoms with Gasteiger partial charge in [-0.05, 0) is 44.5 Å². The molecule has 0 fully saturated rings. The number of allylic oxidation sites excluding steroid dienone is 1. The summed E-state index contributed by atoms with van der Waals surface area (Å²) < 4.78 is 6.24. The van der Waals surface area contributed by atoms with Crippen LogP contribution < -0.4 is 0 Å². The van der Waals surface area contributed by atoms with E-state index in [2.05, 4.69) is 33.9 Å². The van der Waals surface area contributed by atoms with Crippen LogP contribution in [0.4, 0.5) is 0 Å². The maximum Gasteiger partial charge on any atom is 0.250 e. The molecule has 1 aliphatic carbocycles. The van der Waals surface area contributed by atoms with Gasteiger partial charge in [0.05, 0.1) is 12.2 Å². The van der Waals surface area contributed by atoms with Gasteiger partial charge in [-0.15, -0.1) is 0 Å². The summed E-state index contributed by atoms with van der Waals surface area (Å²) in [6.45, 7) is 15.6. The highest BCUT2D eigenvalue weighted by Gasteiger charge is 2.45. The summed E-state index contributed by atoms with van der Waals surface area (Å²) >= 11 is 0. The molecular weight excluding hydrogens is 324 g/mol. The second kappa shape index (κ2) is 7.67. The van der Waals surface area contributed by atoms with Crippen molar-refractivity contribution in [2.75, 3.05) is 13.1 Å². The lowest BCUT2D eigenvalue weighted by molar-refractivity contribution is -0.530. The molecule has 0 N–H and O–H groups in total. The lowest BCUT2D eigenvalue weighted by Gasteiger charge is -2.39. The van der Waals surface area contributed by atoms with E-state index in [1.165, 1.54) is 0 Å². The SMILES string of the molecule is CCN(CC)C(=O)[C@H]1CC=C(O[Si](C)(C)C(C)(C)C)C[C@@H]1[N+](=O)[O-]. The van der Waals surface area contributed by atoms with Crippen LogP contribution in [0.2, 0.25) is 18.1 Å². The number of hydrogen-bond acceptors (Lipinski definition) is 4. The average Bonchev–Trinajstić information content (AvgIpc) is 2.46. The first-order chi connectivity index (χ1) is 10.9. The zero-order chi connectivity index (χ0) is 18.7. The molecule has 138 valence electrons. The van der Waals surface area contributed by atoms with Crippen molar-refractivity contribution in [3.63, 3.8) is 0 Å². The van der Waals surface area contributed by atoms with Crippen molar-refractivity contribution in [2.45, 2.75) is 71.6 Å². The quantitative estimate of drug-likeness (QED) is 0.412. The predicted octanol–water partition coefficient (Wildman–Crippen LogP) is 3.82. The second-order valence-electron chi connectivity index (χ2n) is 7.94. The molecule has 0 heterocycles. The molecule has 0 aromatic heterocycles. The number of hydrogen-bond donors (Lipinski definition) is 0. The number of nitro groups is 1. The van der Waals surface area contributed by atoms with Gasteiger partial charge in [0, 0.05) is 18.0 Å². The van der Waals surface area contributed by atoms with Crippen LogP contribution in [0.25, 0.3) is 0 Å². The molecular formula is C17H32N2O4Si. The van der Waals surface area contributed by atoms with Gasteiger partial charge in [0.1, 0.15) is 5.92 Å². The molecule has 0 bridgehead atoms. The highest BCUT2D eigenvalue weighted by Crippen LogP contribution is 2.40. The van der Waals surface area contributed by atoms with Gasteiger partial charge in [0.2, 0.25) is 20.3 Å². The normalized spacial score (nSPS) is 21.9. The summed E-state index contributed by atoms with van der Waals surface area (Å²) in [5.74, 6) is -0.0251. The lowest BCUT2D eigenvalue weighted by Crippen LogP contribution is -2.46. The van der Waals surface area contributed by atoms with Crippen LogP contribution in [0.15, 0.2) is 11.8 Å². The third-order valence-corrected chi connectivity index (χ3v) is 9.71. The third-order valence-electron chi connectivity index (χ3n) is 5.33. The fourth-order valence-corrected chi connectivity index (χ4v) is 3.80. The largest absolute Gasteiger partial charge is 0.547 e. The van der Waals surface area contributed by atoms with E-state index in [9.17, 15) is 14.9 Å². The Balaban J connectivity index is 2.98. The van der Waals surface area contributed by atoms with Gasteiger partial charge in [-0.1, -0.05) is 20.8 Å². The molecule has 0 unspecified atom stereocenters. The zero-order valence-corrected chi connectivity index (χ0v) is 17.1. The molecule has 1 amide bonds. The highest BCUT2D eigenvalue weighted by atomic mass is 28.4. The molecule has 0 radical (unpaired) electrons. The average molecular weight is 357 g/mol. The Kier molecular flexibility index (Phi) is 6.61. The predicted molar refractivity (Wildman–Crippen MR) is 97.8 cm³/mol. The van der Waals surface area contributed by atoms with Gasteiger partial charge >= 0.3 is 0 Å². The van der Waals surface area contributed by atoms with Crippen LogP contribution in [-0.2, 0) is 9.22 Å². The fourth-order valence-electron chi connectivity index (χ4n) is 2.67. The van der Waals surface area contributed by atoms with Crippen molar-refractivity contribution in [1.82, 2.24) is 4.90 Å². The van der Waals surface area contributed by atoms with E-state index in [4.69, 9.17) is 4.43 Å². The van der Waals surface area contributed by atoms with Crippen LogP contribution in [-0.4, -0.2) is 43.2 Å². The lowest BCUT2D eigenvalue weighted by atomic mass is 9.87. The number of carbonyl (C=O) groups is 1. The molecule has 6 nitrogen and oxygen atoms in total. The summed E-state index contributed by atoms with van der Waals surface area (Å²) in [6.07, 6.45) is 2.48. The van der Waals surface area contributed by atoms with E-state index in [0.717, 1.165) is 0 Å². The van der Waals surface area contributed by atoms with Gasteiger partial charge in [0.15, 0.2) is 0 Å². The first kappa shape index (κ1) is 20.7. The first-order valence-electron chi connectivity index (χ1n) is 8.74. The Morgan fingerprint density at radius 3 is 2.33 bits per heavy atom. The van der Waals surface area contributed by atoms with Crippen LogP contribution in [0.1, 0.15) is 47.5 Å². The van der Waals surface area contributed by atoms with Gasteiger partial charge < -0.3 is 9.33 Å². The highest BCUT2D eigenvalue weighted by molar-refractivity contribution is 6.74. The minimum atomic E-state index is -2.03. The number of amides is 1. The summed E-state index contributed by atoms with van der Waals surface area (Å²) in [6, 6.07) is -0.900. The van der Waals surface area contributed by atoms with E-state index >= 15 is 0 Å². The minimum Gasteiger partial charge on any atom is -0.547 e. The van der Waals surface area contributed by atoms with Crippen LogP contribution in [0.5, 0.6) is 0 Å². The van der Waals surface area contributed by atoms with Crippen molar-refractivity contribution >= 4 is 14.2 Å². The number of rotatable bonds is 6.